The topological polar surface area (TPSA) is 68.3 Å². The molecule has 0 radical (unpaired) electrons. The normalized spacial score (nSPS) is 10.5. The van der Waals surface area contributed by atoms with Gasteiger partial charge in [0.05, 0.1) is 5.02 Å². The zero-order chi connectivity index (χ0) is 19.4. The second-order valence-electron chi connectivity index (χ2n) is 5.30. The summed E-state index contributed by atoms with van der Waals surface area (Å²) in [6, 6.07) is 9.36. The van der Waals surface area contributed by atoms with Crippen molar-refractivity contribution in [3.8, 4) is 10.6 Å². The lowest BCUT2D eigenvalue weighted by atomic mass is 10.2. The van der Waals surface area contributed by atoms with Gasteiger partial charge in [0.15, 0.2) is 12.3 Å². The lowest BCUT2D eigenvalue weighted by Gasteiger charge is -2.06. The summed E-state index contributed by atoms with van der Waals surface area (Å²) in [5.74, 6) is -2.36. The predicted octanol–water partition coefficient (Wildman–Crippen LogP) is 4.54. The van der Waals surface area contributed by atoms with Crippen LogP contribution in [-0.2, 0) is 9.53 Å². The summed E-state index contributed by atoms with van der Waals surface area (Å²) >= 11 is 6.82. The van der Waals surface area contributed by atoms with Crippen molar-refractivity contribution >= 4 is 40.5 Å². The average molecular weight is 409 g/mol. The quantitative estimate of drug-likeness (QED) is 0.629. The highest BCUT2D eigenvalue weighted by molar-refractivity contribution is 7.13. The molecule has 0 aliphatic rings. The molecule has 1 heterocycles. The Morgan fingerprint density at radius 2 is 1.89 bits per heavy atom. The maximum atomic E-state index is 13.1. The molecule has 0 aliphatic heterocycles. The fourth-order valence-corrected chi connectivity index (χ4v) is 3.04. The van der Waals surface area contributed by atoms with Crippen LogP contribution in [-0.4, -0.2) is 23.5 Å². The summed E-state index contributed by atoms with van der Waals surface area (Å²) in [5, 5.41) is 4.30. The molecule has 27 heavy (non-hydrogen) atoms. The minimum absolute atomic E-state index is 0.0388. The number of nitrogens with zero attached hydrogens (tertiary/aromatic N) is 1. The van der Waals surface area contributed by atoms with Crippen LogP contribution in [0.25, 0.3) is 10.6 Å². The van der Waals surface area contributed by atoms with E-state index in [1.165, 1.54) is 41.0 Å². The fraction of sp³-hybridized carbons (Fsp3) is 0.0556. The number of carbonyl (C=O) groups is 2. The van der Waals surface area contributed by atoms with Crippen LogP contribution in [0.15, 0.2) is 47.8 Å². The first kappa shape index (κ1) is 18.9. The summed E-state index contributed by atoms with van der Waals surface area (Å²) in [6.07, 6.45) is 0. The van der Waals surface area contributed by atoms with Gasteiger partial charge in [-0.3, -0.25) is 4.79 Å². The third-order valence-electron chi connectivity index (χ3n) is 3.34. The molecule has 5 nitrogen and oxygen atoms in total. The molecule has 138 valence electrons. The molecule has 1 amide bonds. The lowest BCUT2D eigenvalue weighted by Crippen LogP contribution is -2.21. The van der Waals surface area contributed by atoms with Gasteiger partial charge in [-0.1, -0.05) is 11.6 Å². The van der Waals surface area contributed by atoms with Gasteiger partial charge >= 0.3 is 5.97 Å². The highest BCUT2D eigenvalue weighted by Gasteiger charge is 2.15. The van der Waals surface area contributed by atoms with Crippen molar-refractivity contribution in [2.75, 3.05) is 11.9 Å². The number of anilines is 1. The van der Waals surface area contributed by atoms with Crippen molar-refractivity contribution in [3.05, 3.63) is 70.2 Å². The summed E-state index contributed by atoms with van der Waals surface area (Å²) in [6.45, 7) is -0.544. The Hall–Kier alpha value is -2.84. The number of benzene rings is 2. The highest BCUT2D eigenvalue weighted by Crippen LogP contribution is 2.24. The molecule has 0 unspecified atom stereocenters. The Morgan fingerprint density at radius 3 is 2.59 bits per heavy atom. The molecule has 0 fully saturated rings. The second-order valence-corrected chi connectivity index (χ2v) is 6.56. The first-order valence-corrected chi connectivity index (χ1v) is 8.81. The van der Waals surface area contributed by atoms with E-state index < -0.39 is 24.3 Å². The molecule has 9 heteroatoms. The molecule has 0 atom stereocenters. The molecule has 0 saturated heterocycles. The van der Waals surface area contributed by atoms with Gasteiger partial charge in [0, 0.05) is 16.6 Å². The molecule has 0 saturated carbocycles. The van der Waals surface area contributed by atoms with Crippen LogP contribution in [0.3, 0.4) is 0 Å². The van der Waals surface area contributed by atoms with Crippen LogP contribution in [0.5, 0.6) is 0 Å². The number of ether oxygens (including phenoxy) is 1. The number of thiazole rings is 1. The molecular weight excluding hydrogens is 398 g/mol. The van der Waals surface area contributed by atoms with Crippen molar-refractivity contribution in [1.29, 1.82) is 0 Å². The molecule has 2 aromatic carbocycles. The molecule has 0 spiro atoms. The third kappa shape index (κ3) is 4.87. The number of aromatic nitrogens is 1. The number of amides is 1. The summed E-state index contributed by atoms with van der Waals surface area (Å²) in [4.78, 5) is 28.0. The number of carbonyl (C=O) groups excluding carboxylic acids is 2. The van der Waals surface area contributed by atoms with E-state index in [1.807, 2.05) is 0 Å². The van der Waals surface area contributed by atoms with Crippen LogP contribution < -0.4 is 5.32 Å². The van der Waals surface area contributed by atoms with Crippen LogP contribution >= 0.6 is 22.9 Å². The summed E-state index contributed by atoms with van der Waals surface area (Å²) in [5.41, 5.74) is 0.970. The van der Waals surface area contributed by atoms with Gasteiger partial charge in [0.25, 0.3) is 5.91 Å². The van der Waals surface area contributed by atoms with Crippen LogP contribution in [0.2, 0.25) is 5.02 Å². The van der Waals surface area contributed by atoms with Crippen molar-refractivity contribution in [2.24, 2.45) is 0 Å². The van der Waals surface area contributed by atoms with E-state index in [0.29, 0.717) is 10.6 Å². The number of nitrogens with one attached hydrogen (secondary N) is 1. The van der Waals surface area contributed by atoms with Crippen molar-refractivity contribution in [3.63, 3.8) is 0 Å². The first-order chi connectivity index (χ1) is 12.9. The van der Waals surface area contributed by atoms with Crippen molar-refractivity contribution in [2.45, 2.75) is 0 Å². The fourth-order valence-electron chi connectivity index (χ4n) is 2.07. The number of halogens is 3. The average Bonchev–Trinajstić information content (AvgIpc) is 3.13. The van der Waals surface area contributed by atoms with Crippen molar-refractivity contribution < 1.29 is 23.1 Å². The van der Waals surface area contributed by atoms with Crippen LogP contribution in [0.1, 0.15) is 10.5 Å². The minimum Gasteiger partial charge on any atom is -0.451 e. The monoisotopic (exact) mass is 408 g/mol. The third-order valence-corrected chi connectivity index (χ3v) is 4.52. The van der Waals surface area contributed by atoms with Gasteiger partial charge in [-0.05, 0) is 42.5 Å². The van der Waals surface area contributed by atoms with E-state index in [4.69, 9.17) is 16.3 Å². The molecule has 3 rings (SSSR count). The molecule has 1 N–H and O–H groups in total. The Labute approximate surface area is 161 Å². The number of hydrogen-bond donors (Lipinski definition) is 1. The van der Waals surface area contributed by atoms with Crippen molar-refractivity contribution in [1.82, 2.24) is 4.98 Å². The highest BCUT2D eigenvalue weighted by atomic mass is 35.5. The lowest BCUT2D eigenvalue weighted by molar-refractivity contribution is -0.119. The zero-order valence-electron chi connectivity index (χ0n) is 13.5. The maximum absolute atomic E-state index is 13.1. The zero-order valence-corrected chi connectivity index (χ0v) is 15.1. The maximum Gasteiger partial charge on any atom is 0.358 e. The minimum atomic E-state index is -0.771. The van der Waals surface area contributed by atoms with Gasteiger partial charge in [0.2, 0.25) is 0 Å². The van der Waals surface area contributed by atoms with Crippen LogP contribution in [0.4, 0.5) is 14.5 Å². The molecule has 3 aromatic rings. The Bertz CT molecular complexity index is 993. The van der Waals surface area contributed by atoms with Gasteiger partial charge in [-0.25, -0.2) is 18.6 Å². The Balaban J connectivity index is 1.56. The summed E-state index contributed by atoms with van der Waals surface area (Å²) < 4.78 is 30.9. The SMILES string of the molecule is O=C(COC(=O)c1csc(-c2ccc(F)cc2)n1)Nc1ccc(F)c(Cl)c1. The number of hydrogen-bond acceptors (Lipinski definition) is 5. The van der Waals surface area contributed by atoms with Gasteiger partial charge in [-0.15, -0.1) is 11.3 Å². The molecular formula is C18H11ClF2N2O3S. The van der Waals surface area contributed by atoms with E-state index in [9.17, 15) is 18.4 Å². The first-order valence-electron chi connectivity index (χ1n) is 7.56. The van der Waals surface area contributed by atoms with E-state index >= 15 is 0 Å². The molecule has 0 bridgehead atoms. The van der Waals surface area contributed by atoms with Gasteiger partial charge < -0.3 is 10.1 Å². The number of rotatable bonds is 5. The van der Waals surface area contributed by atoms with E-state index in [2.05, 4.69) is 10.3 Å². The predicted molar refractivity (Wildman–Crippen MR) is 97.8 cm³/mol. The molecule has 1 aromatic heterocycles. The van der Waals surface area contributed by atoms with E-state index in [1.54, 1.807) is 12.1 Å². The Morgan fingerprint density at radius 1 is 1.15 bits per heavy atom. The van der Waals surface area contributed by atoms with E-state index in [0.717, 1.165) is 6.07 Å². The van der Waals surface area contributed by atoms with E-state index in [-0.39, 0.29) is 22.2 Å². The van der Waals surface area contributed by atoms with Crippen LogP contribution in [0, 0.1) is 11.6 Å². The van der Waals surface area contributed by atoms with Gasteiger partial charge in [-0.2, -0.15) is 0 Å². The Kier molecular flexibility index (Phi) is 5.78. The molecule has 0 aliphatic carbocycles. The number of esters is 1. The smallest absolute Gasteiger partial charge is 0.358 e. The van der Waals surface area contributed by atoms with Gasteiger partial charge in [0.1, 0.15) is 16.6 Å². The largest absolute Gasteiger partial charge is 0.451 e. The second kappa shape index (κ2) is 8.24. The summed E-state index contributed by atoms with van der Waals surface area (Å²) in [7, 11) is 0. The standard InChI is InChI=1S/C18H11ClF2N2O3S/c19-13-7-12(5-6-14(13)21)22-16(24)8-26-18(25)15-9-27-17(23-15)10-1-3-11(20)4-2-10/h1-7,9H,8H2,(H,22,24).